The lowest BCUT2D eigenvalue weighted by Crippen LogP contribution is -2.36. The molecule has 0 N–H and O–H groups in total. The fraction of sp³-hybridized carbons (Fsp3) is 0.158. The number of para-hydroxylation sites is 3. The molecule has 0 fully saturated rings. The number of thiazole rings is 1. The predicted octanol–water partition coefficient (Wildman–Crippen LogP) is 3.16. The number of hydrogen-bond acceptors (Lipinski definition) is 4. The van der Waals surface area contributed by atoms with E-state index in [1.807, 2.05) is 47.0 Å². The number of carbonyl (C=O) groups is 1. The molecule has 1 aliphatic heterocycles. The molecule has 5 nitrogen and oxygen atoms in total. The fourth-order valence-corrected chi connectivity index (χ4v) is 3.76. The highest BCUT2D eigenvalue weighted by atomic mass is 32.1. The first kappa shape index (κ1) is 15.7. The van der Waals surface area contributed by atoms with Gasteiger partial charge >= 0.3 is 0 Å². The Labute approximate surface area is 148 Å². The number of fused-ring (bicyclic) bond motifs is 2. The van der Waals surface area contributed by atoms with Gasteiger partial charge in [-0.15, -0.1) is 6.58 Å². The number of allylic oxidation sites excluding steroid dienone is 1. The third-order valence-corrected chi connectivity index (χ3v) is 4.95. The van der Waals surface area contributed by atoms with Gasteiger partial charge in [0.15, 0.2) is 16.3 Å². The van der Waals surface area contributed by atoms with E-state index in [4.69, 9.17) is 9.47 Å². The minimum atomic E-state index is -0.739. The van der Waals surface area contributed by atoms with Gasteiger partial charge in [0.25, 0.3) is 5.91 Å². The van der Waals surface area contributed by atoms with Crippen LogP contribution in [0.5, 0.6) is 11.5 Å². The third kappa shape index (κ3) is 2.96. The topological polar surface area (TPSA) is 52.8 Å². The highest BCUT2D eigenvalue weighted by Gasteiger charge is 2.27. The van der Waals surface area contributed by atoms with E-state index >= 15 is 0 Å². The van der Waals surface area contributed by atoms with E-state index in [9.17, 15) is 4.79 Å². The second-order valence-electron chi connectivity index (χ2n) is 5.57. The van der Waals surface area contributed by atoms with Crippen LogP contribution < -0.4 is 14.3 Å². The first-order valence-corrected chi connectivity index (χ1v) is 8.74. The van der Waals surface area contributed by atoms with E-state index in [-0.39, 0.29) is 12.5 Å². The van der Waals surface area contributed by atoms with Gasteiger partial charge in [-0.1, -0.05) is 41.7 Å². The molecule has 0 bridgehead atoms. The number of ether oxygens (including phenoxy) is 2. The average molecular weight is 352 g/mol. The maximum atomic E-state index is 12.6. The van der Waals surface area contributed by atoms with Crippen LogP contribution in [0.2, 0.25) is 0 Å². The number of benzene rings is 2. The van der Waals surface area contributed by atoms with Gasteiger partial charge in [-0.25, -0.2) is 0 Å². The molecule has 1 aromatic heterocycles. The Balaban J connectivity index is 1.69. The van der Waals surface area contributed by atoms with Crippen LogP contribution in [-0.4, -0.2) is 23.2 Å². The summed E-state index contributed by atoms with van der Waals surface area (Å²) in [4.78, 5) is 17.5. The van der Waals surface area contributed by atoms with Crippen LogP contribution in [0.1, 0.15) is 0 Å². The molecule has 3 aromatic rings. The monoisotopic (exact) mass is 352 g/mol. The van der Waals surface area contributed by atoms with Crippen molar-refractivity contribution in [2.24, 2.45) is 4.99 Å². The van der Waals surface area contributed by atoms with Gasteiger partial charge in [-0.3, -0.25) is 4.79 Å². The summed E-state index contributed by atoms with van der Waals surface area (Å²) in [7, 11) is 0. The molecule has 0 spiro atoms. The normalized spacial score (nSPS) is 16.8. The van der Waals surface area contributed by atoms with E-state index in [0.29, 0.717) is 22.8 Å². The molecule has 1 aliphatic rings. The number of aromatic nitrogens is 1. The van der Waals surface area contributed by atoms with Gasteiger partial charge in [-0.05, 0) is 24.3 Å². The summed E-state index contributed by atoms with van der Waals surface area (Å²) >= 11 is 1.47. The second kappa shape index (κ2) is 6.57. The van der Waals surface area contributed by atoms with E-state index in [1.54, 1.807) is 12.1 Å². The van der Waals surface area contributed by atoms with Gasteiger partial charge in [0.2, 0.25) is 6.10 Å². The molecule has 0 aliphatic carbocycles. The van der Waals surface area contributed by atoms with Crippen molar-refractivity contribution in [3.8, 4) is 11.5 Å². The Bertz CT molecular complexity index is 1020. The van der Waals surface area contributed by atoms with Crippen LogP contribution in [0.4, 0.5) is 0 Å². The highest BCUT2D eigenvalue weighted by molar-refractivity contribution is 7.16. The summed E-state index contributed by atoms with van der Waals surface area (Å²) < 4.78 is 14.4. The standard InChI is InChI=1S/C19H16N2O3S/c1-2-11-21-13-7-3-6-10-17(13)25-19(21)20-18(22)16-12-23-14-8-4-5-9-15(14)24-16/h2-10,16H,1,11-12H2. The van der Waals surface area contributed by atoms with E-state index in [1.165, 1.54) is 11.3 Å². The van der Waals surface area contributed by atoms with Crippen molar-refractivity contribution in [2.45, 2.75) is 12.6 Å². The smallest absolute Gasteiger partial charge is 0.292 e. The number of rotatable bonds is 3. The van der Waals surface area contributed by atoms with Gasteiger partial charge in [0.05, 0.1) is 10.2 Å². The lowest BCUT2D eigenvalue weighted by molar-refractivity contribution is -0.127. The average Bonchev–Trinajstić information content (AvgIpc) is 2.99. The molecule has 1 atom stereocenters. The number of carbonyl (C=O) groups excluding carboxylic acids is 1. The zero-order chi connectivity index (χ0) is 17.2. The zero-order valence-corrected chi connectivity index (χ0v) is 14.2. The Morgan fingerprint density at radius 1 is 1.24 bits per heavy atom. The minimum absolute atomic E-state index is 0.158. The third-order valence-electron chi connectivity index (χ3n) is 3.89. The van der Waals surface area contributed by atoms with Crippen molar-refractivity contribution in [1.29, 1.82) is 0 Å². The maximum absolute atomic E-state index is 12.6. The maximum Gasteiger partial charge on any atom is 0.292 e. The summed E-state index contributed by atoms with van der Waals surface area (Å²) in [6.45, 7) is 4.53. The lowest BCUT2D eigenvalue weighted by Gasteiger charge is -2.23. The number of nitrogens with zero attached hydrogens (tertiary/aromatic N) is 2. The van der Waals surface area contributed by atoms with Gasteiger partial charge in [-0.2, -0.15) is 4.99 Å². The summed E-state index contributed by atoms with van der Waals surface area (Å²) in [6, 6.07) is 15.3. The molecule has 126 valence electrons. The molecule has 4 rings (SSSR count). The van der Waals surface area contributed by atoms with Crippen LogP contribution in [-0.2, 0) is 11.3 Å². The fourth-order valence-electron chi connectivity index (χ4n) is 2.72. The first-order chi connectivity index (χ1) is 12.3. The Morgan fingerprint density at radius 2 is 2.00 bits per heavy atom. The van der Waals surface area contributed by atoms with Gasteiger partial charge < -0.3 is 14.0 Å². The van der Waals surface area contributed by atoms with E-state index in [2.05, 4.69) is 11.6 Å². The molecule has 1 amide bonds. The van der Waals surface area contributed by atoms with E-state index in [0.717, 1.165) is 10.2 Å². The van der Waals surface area contributed by atoms with Crippen LogP contribution in [0.15, 0.2) is 66.2 Å². The molecule has 0 radical (unpaired) electrons. The van der Waals surface area contributed by atoms with Crippen molar-refractivity contribution in [2.75, 3.05) is 6.61 Å². The van der Waals surface area contributed by atoms with Crippen molar-refractivity contribution < 1.29 is 14.3 Å². The quantitative estimate of drug-likeness (QED) is 0.681. The molecule has 0 saturated carbocycles. The van der Waals surface area contributed by atoms with Crippen LogP contribution in [0.3, 0.4) is 0 Å². The van der Waals surface area contributed by atoms with Crippen molar-refractivity contribution in [3.05, 3.63) is 66.0 Å². The highest BCUT2D eigenvalue weighted by Crippen LogP contribution is 2.31. The van der Waals surface area contributed by atoms with Crippen molar-refractivity contribution >= 4 is 27.5 Å². The van der Waals surface area contributed by atoms with Crippen molar-refractivity contribution in [3.63, 3.8) is 0 Å². The number of amides is 1. The summed E-state index contributed by atoms with van der Waals surface area (Å²) in [5.41, 5.74) is 1.03. The molecule has 2 aromatic carbocycles. The predicted molar refractivity (Wildman–Crippen MR) is 96.9 cm³/mol. The largest absolute Gasteiger partial charge is 0.485 e. The Kier molecular flexibility index (Phi) is 4.11. The summed E-state index contributed by atoms with van der Waals surface area (Å²) in [5.74, 6) is 0.867. The number of hydrogen-bond donors (Lipinski definition) is 0. The summed E-state index contributed by atoms with van der Waals surface area (Å²) in [6.07, 6.45) is 1.05. The Hall–Kier alpha value is -2.86. The van der Waals surface area contributed by atoms with Crippen LogP contribution in [0.25, 0.3) is 10.2 Å². The second-order valence-corrected chi connectivity index (χ2v) is 6.58. The molecule has 2 heterocycles. The summed E-state index contributed by atoms with van der Waals surface area (Å²) in [5, 5.41) is 0. The molecule has 1 unspecified atom stereocenters. The zero-order valence-electron chi connectivity index (χ0n) is 13.4. The molecular weight excluding hydrogens is 336 g/mol. The van der Waals surface area contributed by atoms with Crippen LogP contribution in [0, 0.1) is 0 Å². The Morgan fingerprint density at radius 3 is 2.84 bits per heavy atom. The van der Waals surface area contributed by atoms with E-state index < -0.39 is 6.10 Å². The molecule has 25 heavy (non-hydrogen) atoms. The molecule has 6 heteroatoms. The SMILES string of the molecule is C=CCn1c(=NC(=O)C2COc3ccccc3O2)sc2ccccc21. The minimum Gasteiger partial charge on any atom is -0.485 e. The van der Waals surface area contributed by atoms with Gasteiger partial charge in [0.1, 0.15) is 6.61 Å². The lowest BCUT2D eigenvalue weighted by atomic mass is 10.2. The van der Waals surface area contributed by atoms with Crippen molar-refractivity contribution in [1.82, 2.24) is 4.57 Å². The van der Waals surface area contributed by atoms with Gasteiger partial charge in [0, 0.05) is 6.54 Å². The van der Waals surface area contributed by atoms with Crippen LogP contribution >= 0.6 is 11.3 Å². The molecule has 0 saturated heterocycles. The first-order valence-electron chi connectivity index (χ1n) is 7.92. The molecular formula is C19H16N2O3S.